The van der Waals surface area contributed by atoms with Gasteiger partial charge >= 0.3 is 11.8 Å². The van der Waals surface area contributed by atoms with E-state index in [1.165, 1.54) is 18.2 Å². The van der Waals surface area contributed by atoms with Gasteiger partial charge in [0, 0.05) is 5.69 Å². The van der Waals surface area contributed by atoms with E-state index in [1.807, 2.05) is 13.0 Å². The van der Waals surface area contributed by atoms with E-state index < -0.39 is 17.6 Å². The lowest BCUT2D eigenvalue weighted by atomic mass is 10.1. The molecule has 0 heterocycles. The fourth-order valence-corrected chi connectivity index (χ4v) is 2.37. The molecule has 0 aliphatic rings. The summed E-state index contributed by atoms with van der Waals surface area (Å²) in [5.41, 5.74) is 2.28. The highest BCUT2D eigenvalue weighted by Gasteiger charge is 2.17. The number of hydrogen-bond acceptors (Lipinski definition) is 2. The number of rotatable bonds is 2. The number of halogens is 2. The van der Waals surface area contributed by atoms with Crippen LogP contribution in [0.25, 0.3) is 0 Å². The number of anilines is 2. The van der Waals surface area contributed by atoms with Crippen LogP contribution in [0, 0.1) is 19.7 Å². The van der Waals surface area contributed by atoms with Crippen molar-refractivity contribution in [2.45, 2.75) is 13.8 Å². The van der Waals surface area contributed by atoms with Crippen LogP contribution >= 0.6 is 11.6 Å². The quantitative estimate of drug-likeness (QED) is 0.829. The molecule has 0 atom stereocenters. The van der Waals surface area contributed by atoms with Crippen LogP contribution in [0.1, 0.15) is 11.1 Å². The first-order valence-corrected chi connectivity index (χ1v) is 6.89. The van der Waals surface area contributed by atoms with Crippen molar-refractivity contribution in [2.75, 3.05) is 10.6 Å². The maximum absolute atomic E-state index is 13.0. The molecule has 0 radical (unpaired) electrons. The molecule has 0 unspecified atom stereocenters. The molecule has 2 amide bonds. The Labute approximate surface area is 132 Å². The second kappa shape index (κ2) is 6.58. The second-order valence-corrected chi connectivity index (χ2v) is 5.26. The highest BCUT2D eigenvalue weighted by Crippen LogP contribution is 2.27. The van der Waals surface area contributed by atoms with Gasteiger partial charge in [0.1, 0.15) is 5.82 Å². The van der Waals surface area contributed by atoms with E-state index in [0.29, 0.717) is 10.7 Å². The normalized spacial score (nSPS) is 10.2. The molecule has 22 heavy (non-hydrogen) atoms. The number of hydrogen-bond donors (Lipinski definition) is 2. The Kier molecular flexibility index (Phi) is 4.78. The van der Waals surface area contributed by atoms with Gasteiger partial charge in [0.25, 0.3) is 0 Å². The number of amides is 2. The summed E-state index contributed by atoms with van der Waals surface area (Å²) in [4.78, 5) is 23.7. The molecule has 2 aromatic rings. The molecule has 0 spiro atoms. The smallest absolute Gasteiger partial charge is 0.314 e. The zero-order valence-electron chi connectivity index (χ0n) is 12.0. The average Bonchev–Trinajstić information content (AvgIpc) is 2.42. The van der Waals surface area contributed by atoms with E-state index in [4.69, 9.17) is 11.6 Å². The molecule has 0 aliphatic heterocycles. The molecular weight excluding hydrogens is 307 g/mol. The van der Waals surface area contributed by atoms with Gasteiger partial charge < -0.3 is 10.6 Å². The molecule has 0 saturated heterocycles. The number of nitrogens with one attached hydrogen (secondary N) is 2. The molecule has 2 aromatic carbocycles. The maximum Gasteiger partial charge on any atom is 0.314 e. The molecule has 0 fully saturated rings. The lowest BCUT2D eigenvalue weighted by molar-refractivity contribution is -0.133. The average molecular weight is 321 g/mol. The Bertz CT molecular complexity index is 724. The molecule has 2 N–H and O–H groups in total. The molecule has 0 aliphatic carbocycles. The van der Waals surface area contributed by atoms with E-state index in [0.717, 1.165) is 17.2 Å². The molecule has 0 bridgehead atoms. The number of carbonyl (C=O) groups excluding carboxylic acids is 2. The Morgan fingerprint density at radius 2 is 1.73 bits per heavy atom. The predicted octanol–water partition coefficient (Wildman–Crippen LogP) is 3.67. The van der Waals surface area contributed by atoms with Gasteiger partial charge in [0.2, 0.25) is 0 Å². The Morgan fingerprint density at radius 3 is 2.36 bits per heavy atom. The van der Waals surface area contributed by atoms with Crippen LogP contribution < -0.4 is 10.6 Å². The second-order valence-electron chi connectivity index (χ2n) is 4.86. The summed E-state index contributed by atoms with van der Waals surface area (Å²) in [6.45, 7) is 3.65. The first kappa shape index (κ1) is 16.0. The highest BCUT2D eigenvalue weighted by atomic mass is 35.5. The van der Waals surface area contributed by atoms with Crippen molar-refractivity contribution in [3.8, 4) is 0 Å². The first-order valence-electron chi connectivity index (χ1n) is 6.51. The molecule has 0 aromatic heterocycles. The summed E-state index contributed by atoms with van der Waals surface area (Å²) >= 11 is 6.07. The van der Waals surface area contributed by atoms with Crippen LogP contribution in [0.4, 0.5) is 15.8 Å². The van der Waals surface area contributed by atoms with Crippen molar-refractivity contribution in [3.05, 3.63) is 58.4 Å². The van der Waals surface area contributed by atoms with Crippen LogP contribution in [0.2, 0.25) is 5.02 Å². The molecule has 4 nitrogen and oxygen atoms in total. The van der Waals surface area contributed by atoms with Crippen molar-refractivity contribution in [3.63, 3.8) is 0 Å². The molecule has 0 saturated carbocycles. The third-order valence-electron chi connectivity index (χ3n) is 2.96. The number of benzene rings is 2. The summed E-state index contributed by atoms with van der Waals surface area (Å²) in [6.07, 6.45) is 0. The minimum atomic E-state index is -0.901. The van der Waals surface area contributed by atoms with Gasteiger partial charge in [-0.2, -0.15) is 0 Å². The van der Waals surface area contributed by atoms with Crippen LogP contribution in [-0.2, 0) is 9.59 Å². The lowest BCUT2D eigenvalue weighted by Gasteiger charge is -2.11. The van der Waals surface area contributed by atoms with E-state index in [-0.39, 0.29) is 5.69 Å². The molecule has 114 valence electrons. The highest BCUT2D eigenvalue weighted by molar-refractivity contribution is 6.45. The van der Waals surface area contributed by atoms with Gasteiger partial charge in [0.15, 0.2) is 0 Å². The fourth-order valence-electron chi connectivity index (χ4n) is 2.00. The lowest BCUT2D eigenvalue weighted by Crippen LogP contribution is -2.29. The summed E-state index contributed by atoms with van der Waals surface area (Å²) in [5.74, 6) is -2.28. The number of aryl methyl sites for hydroxylation is 2. The van der Waals surface area contributed by atoms with Crippen LogP contribution in [0.3, 0.4) is 0 Å². The van der Waals surface area contributed by atoms with Crippen molar-refractivity contribution in [2.24, 2.45) is 0 Å². The van der Waals surface area contributed by atoms with Gasteiger partial charge in [-0.25, -0.2) is 4.39 Å². The van der Waals surface area contributed by atoms with Crippen molar-refractivity contribution in [1.29, 1.82) is 0 Å². The molecule has 6 heteroatoms. The van der Waals surface area contributed by atoms with Crippen LogP contribution in [0.15, 0.2) is 36.4 Å². The van der Waals surface area contributed by atoms with Gasteiger partial charge in [-0.3, -0.25) is 9.59 Å². The SMILES string of the molecule is Cc1cc(C)c(NC(=O)C(=O)Nc2cccc(F)c2)c(Cl)c1. The van der Waals surface area contributed by atoms with Crippen LogP contribution in [0.5, 0.6) is 0 Å². The van der Waals surface area contributed by atoms with Crippen molar-refractivity contribution < 1.29 is 14.0 Å². The Hall–Kier alpha value is -2.40. The molecular formula is C16H14ClFN2O2. The summed E-state index contributed by atoms with van der Waals surface area (Å²) in [6, 6.07) is 8.81. The first-order chi connectivity index (χ1) is 10.4. The fraction of sp³-hybridized carbons (Fsp3) is 0.125. The number of carbonyl (C=O) groups is 2. The maximum atomic E-state index is 13.0. The van der Waals surface area contributed by atoms with Crippen molar-refractivity contribution in [1.82, 2.24) is 0 Å². The van der Waals surface area contributed by atoms with E-state index in [1.54, 1.807) is 13.0 Å². The minimum Gasteiger partial charge on any atom is -0.318 e. The monoisotopic (exact) mass is 320 g/mol. The predicted molar refractivity (Wildman–Crippen MR) is 84.6 cm³/mol. The van der Waals surface area contributed by atoms with Crippen molar-refractivity contribution >= 4 is 34.8 Å². The Morgan fingerprint density at radius 1 is 1.05 bits per heavy atom. The summed E-state index contributed by atoms with van der Waals surface area (Å²) in [5, 5.41) is 5.13. The zero-order valence-corrected chi connectivity index (χ0v) is 12.8. The zero-order chi connectivity index (χ0) is 16.3. The Balaban J connectivity index is 2.11. The van der Waals surface area contributed by atoms with E-state index in [9.17, 15) is 14.0 Å². The minimum absolute atomic E-state index is 0.201. The summed E-state index contributed by atoms with van der Waals surface area (Å²) in [7, 11) is 0. The van der Waals surface area contributed by atoms with Gasteiger partial charge in [-0.1, -0.05) is 23.7 Å². The molecule has 2 rings (SSSR count). The van der Waals surface area contributed by atoms with Crippen LogP contribution in [-0.4, -0.2) is 11.8 Å². The van der Waals surface area contributed by atoms with Gasteiger partial charge in [0.05, 0.1) is 10.7 Å². The topological polar surface area (TPSA) is 58.2 Å². The van der Waals surface area contributed by atoms with E-state index >= 15 is 0 Å². The third-order valence-corrected chi connectivity index (χ3v) is 3.26. The van der Waals surface area contributed by atoms with E-state index in [2.05, 4.69) is 10.6 Å². The van der Waals surface area contributed by atoms with Gasteiger partial charge in [-0.15, -0.1) is 0 Å². The standard InChI is InChI=1S/C16H14ClFN2O2/c1-9-6-10(2)14(13(17)7-9)20-16(22)15(21)19-12-5-3-4-11(18)8-12/h3-8H,1-2H3,(H,19,21)(H,20,22). The third kappa shape index (κ3) is 3.83. The largest absolute Gasteiger partial charge is 0.318 e. The van der Waals surface area contributed by atoms with Gasteiger partial charge in [-0.05, 0) is 49.2 Å². The summed E-state index contributed by atoms with van der Waals surface area (Å²) < 4.78 is 13.0.